The summed E-state index contributed by atoms with van der Waals surface area (Å²) < 4.78 is 38.3. The molecule has 0 aliphatic carbocycles. The molecule has 0 radical (unpaired) electrons. The number of amides is 1. The normalized spacial score (nSPS) is 13.2. The van der Waals surface area contributed by atoms with Gasteiger partial charge in [0.2, 0.25) is 5.91 Å². The minimum atomic E-state index is -3.71. The van der Waals surface area contributed by atoms with Crippen LogP contribution in [-0.2, 0) is 27.7 Å². The van der Waals surface area contributed by atoms with Gasteiger partial charge in [0, 0.05) is 12.2 Å². The number of fused-ring (bicyclic) bond motifs is 1. The van der Waals surface area contributed by atoms with Crippen molar-refractivity contribution in [3.05, 3.63) is 77.9 Å². The molecule has 0 atom stereocenters. The highest BCUT2D eigenvalue weighted by Crippen LogP contribution is 2.34. The molecule has 1 heterocycles. The molecule has 0 spiro atoms. The zero-order valence-electron chi connectivity index (χ0n) is 18.6. The predicted molar refractivity (Wildman–Crippen MR) is 128 cm³/mol. The molecule has 8 heteroatoms. The fourth-order valence-corrected chi connectivity index (χ4v) is 5.48. The van der Waals surface area contributed by atoms with Crippen molar-refractivity contribution in [1.29, 1.82) is 0 Å². The van der Waals surface area contributed by atoms with E-state index in [1.165, 1.54) is 11.4 Å². The maximum absolute atomic E-state index is 13.3. The maximum atomic E-state index is 13.3. The summed E-state index contributed by atoms with van der Waals surface area (Å²) in [6.45, 7) is 0.406. The number of nitrogens with one attached hydrogen (secondary N) is 1. The van der Waals surface area contributed by atoms with E-state index in [9.17, 15) is 13.2 Å². The van der Waals surface area contributed by atoms with Gasteiger partial charge in [-0.2, -0.15) is 0 Å². The second-order valence-electron chi connectivity index (χ2n) is 7.78. The molecule has 33 heavy (non-hydrogen) atoms. The quantitative estimate of drug-likeness (QED) is 0.568. The summed E-state index contributed by atoms with van der Waals surface area (Å²) >= 11 is 0. The van der Waals surface area contributed by atoms with E-state index >= 15 is 0 Å². The molecule has 172 valence electrons. The standard InChI is InChI=1S/C25H26N2O5S/c1-31-21-9-11-23(12-10-21)33(29,30)27-14-4-6-19-17-20(8-13-24(19)27)26-25(28)16-18-5-3-7-22(15-18)32-2/h3,5,7-13,15,17H,4,6,14,16H2,1-2H3,(H,26,28). The average Bonchev–Trinajstić information content (AvgIpc) is 2.83. The molecule has 0 bridgehead atoms. The van der Waals surface area contributed by atoms with E-state index in [0.29, 0.717) is 35.8 Å². The van der Waals surface area contributed by atoms with E-state index in [-0.39, 0.29) is 17.2 Å². The van der Waals surface area contributed by atoms with E-state index in [1.807, 2.05) is 30.3 Å². The van der Waals surface area contributed by atoms with Gasteiger partial charge >= 0.3 is 0 Å². The lowest BCUT2D eigenvalue weighted by atomic mass is 10.0. The Labute approximate surface area is 194 Å². The Balaban J connectivity index is 1.52. The fourth-order valence-electron chi connectivity index (χ4n) is 3.94. The number of rotatable bonds is 7. The van der Waals surface area contributed by atoms with Crippen LogP contribution in [0.3, 0.4) is 0 Å². The van der Waals surface area contributed by atoms with Gasteiger partial charge in [-0.15, -0.1) is 0 Å². The molecular formula is C25H26N2O5S. The van der Waals surface area contributed by atoms with E-state index in [0.717, 1.165) is 17.5 Å². The van der Waals surface area contributed by atoms with Crippen LogP contribution in [-0.4, -0.2) is 35.1 Å². The topological polar surface area (TPSA) is 84.9 Å². The Hall–Kier alpha value is -3.52. The van der Waals surface area contributed by atoms with E-state index in [1.54, 1.807) is 43.5 Å². The third-order valence-corrected chi connectivity index (χ3v) is 7.41. The lowest BCUT2D eigenvalue weighted by molar-refractivity contribution is -0.115. The van der Waals surface area contributed by atoms with Gasteiger partial charge in [-0.1, -0.05) is 12.1 Å². The van der Waals surface area contributed by atoms with Crippen molar-refractivity contribution in [2.24, 2.45) is 0 Å². The molecule has 4 rings (SSSR count). The van der Waals surface area contributed by atoms with Gasteiger partial charge in [0.15, 0.2) is 0 Å². The SMILES string of the molecule is COc1ccc(S(=O)(=O)N2CCCc3cc(NC(=O)Cc4cccc(OC)c4)ccc32)cc1. The first-order valence-electron chi connectivity index (χ1n) is 10.6. The highest BCUT2D eigenvalue weighted by molar-refractivity contribution is 7.92. The first-order chi connectivity index (χ1) is 15.9. The Morgan fingerprint density at radius 2 is 1.73 bits per heavy atom. The number of nitrogens with zero attached hydrogens (tertiary/aromatic N) is 1. The number of hydrogen-bond acceptors (Lipinski definition) is 5. The molecule has 0 saturated carbocycles. The van der Waals surface area contributed by atoms with Gasteiger partial charge in [0.25, 0.3) is 10.0 Å². The number of ether oxygens (including phenoxy) is 2. The molecule has 1 aliphatic heterocycles. The van der Waals surface area contributed by atoms with Crippen LogP contribution < -0.4 is 19.1 Å². The molecule has 0 unspecified atom stereocenters. The summed E-state index contributed by atoms with van der Waals surface area (Å²) in [5, 5.41) is 2.91. The Morgan fingerprint density at radius 1 is 0.970 bits per heavy atom. The van der Waals surface area contributed by atoms with Crippen LogP contribution in [0, 0.1) is 0 Å². The molecule has 7 nitrogen and oxygen atoms in total. The third-order valence-electron chi connectivity index (χ3n) is 5.59. The number of benzene rings is 3. The number of methoxy groups -OCH3 is 2. The van der Waals surface area contributed by atoms with Crippen molar-refractivity contribution in [3.63, 3.8) is 0 Å². The van der Waals surface area contributed by atoms with Crippen LogP contribution in [0.4, 0.5) is 11.4 Å². The summed E-state index contributed by atoms with van der Waals surface area (Å²) in [6.07, 6.45) is 1.65. The Kier molecular flexibility index (Phi) is 6.55. The van der Waals surface area contributed by atoms with Crippen molar-refractivity contribution in [1.82, 2.24) is 0 Å². The third kappa shape index (κ3) is 4.96. The summed E-state index contributed by atoms with van der Waals surface area (Å²) in [4.78, 5) is 12.8. The monoisotopic (exact) mass is 466 g/mol. The number of aryl methyl sites for hydroxylation is 1. The molecule has 3 aromatic rings. The van der Waals surface area contributed by atoms with Crippen LogP contribution in [0.25, 0.3) is 0 Å². The molecule has 0 saturated heterocycles. The van der Waals surface area contributed by atoms with Crippen molar-refractivity contribution in [3.8, 4) is 11.5 Å². The van der Waals surface area contributed by atoms with Crippen LogP contribution >= 0.6 is 0 Å². The Morgan fingerprint density at radius 3 is 2.45 bits per heavy atom. The molecule has 0 fully saturated rings. The lowest BCUT2D eigenvalue weighted by Crippen LogP contribution is -2.35. The van der Waals surface area contributed by atoms with Gasteiger partial charge in [-0.05, 0) is 78.6 Å². The number of sulfonamides is 1. The Bertz CT molecular complexity index is 1260. The molecule has 1 aliphatic rings. The van der Waals surface area contributed by atoms with Crippen LogP contribution in [0.5, 0.6) is 11.5 Å². The molecule has 1 N–H and O–H groups in total. The smallest absolute Gasteiger partial charge is 0.264 e. The summed E-state index contributed by atoms with van der Waals surface area (Å²) in [6, 6.07) is 19.1. The van der Waals surface area contributed by atoms with Crippen LogP contribution in [0.15, 0.2) is 71.6 Å². The maximum Gasteiger partial charge on any atom is 0.264 e. The van der Waals surface area contributed by atoms with Crippen molar-refractivity contribution in [2.45, 2.75) is 24.2 Å². The van der Waals surface area contributed by atoms with Crippen molar-refractivity contribution in [2.75, 3.05) is 30.4 Å². The molecular weight excluding hydrogens is 440 g/mol. The minimum absolute atomic E-state index is 0.151. The largest absolute Gasteiger partial charge is 0.497 e. The van der Waals surface area contributed by atoms with Gasteiger partial charge in [0.05, 0.1) is 31.2 Å². The zero-order valence-corrected chi connectivity index (χ0v) is 19.4. The highest BCUT2D eigenvalue weighted by atomic mass is 32.2. The minimum Gasteiger partial charge on any atom is -0.497 e. The van der Waals surface area contributed by atoms with E-state index in [2.05, 4.69) is 5.32 Å². The van der Waals surface area contributed by atoms with Crippen LogP contribution in [0.1, 0.15) is 17.5 Å². The summed E-state index contributed by atoms with van der Waals surface area (Å²) in [5.41, 5.74) is 3.02. The van der Waals surface area contributed by atoms with Gasteiger partial charge < -0.3 is 14.8 Å². The molecule has 3 aromatic carbocycles. The van der Waals surface area contributed by atoms with Gasteiger partial charge in [-0.25, -0.2) is 8.42 Å². The van der Waals surface area contributed by atoms with Gasteiger partial charge in [-0.3, -0.25) is 9.10 Å². The van der Waals surface area contributed by atoms with Crippen LogP contribution in [0.2, 0.25) is 0 Å². The fraction of sp³-hybridized carbons (Fsp3) is 0.240. The average molecular weight is 467 g/mol. The number of carbonyl (C=O) groups is 1. The number of carbonyl (C=O) groups excluding carboxylic acids is 1. The predicted octanol–water partition coefficient (Wildman–Crippen LogP) is 4.03. The first-order valence-corrected chi connectivity index (χ1v) is 12.1. The summed E-state index contributed by atoms with van der Waals surface area (Å²) in [5.74, 6) is 1.15. The number of anilines is 2. The first kappa shape index (κ1) is 22.7. The summed E-state index contributed by atoms with van der Waals surface area (Å²) in [7, 11) is -0.578. The lowest BCUT2D eigenvalue weighted by Gasteiger charge is -2.31. The second kappa shape index (κ2) is 9.54. The van der Waals surface area contributed by atoms with E-state index < -0.39 is 10.0 Å². The second-order valence-corrected chi connectivity index (χ2v) is 9.64. The van der Waals surface area contributed by atoms with E-state index in [4.69, 9.17) is 9.47 Å². The number of hydrogen-bond donors (Lipinski definition) is 1. The molecule has 0 aromatic heterocycles. The highest BCUT2D eigenvalue weighted by Gasteiger charge is 2.29. The van der Waals surface area contributed by atoms with Gasteiger partial charge in [0.1, 0.15) is 11.5 Å². The molecule has 1 amide bonds. The zero-order chi connectivity index (χ0) is 23.4. The van der Waals surface area contributed by atoms with Crippen molar-refractivity contribution >= 4 is 27.3 Å². The van der Waals surface area contributed by atoms with Crippen molar-refractivity contribution < 1.29 is 22.7 Å².